The lowest BCUT2D eigenvalue weighted by Crippen LogP contribution is -2.44. The monoisotopic (exact) mass is 398 g/mol. The molecule has 1 heterocycles. The molecule has 0 unspecified atom stereocenters. The molecule has 29 heavy (non-hydrogen) atoms. The van der Waals surface area contributed by atoms with E-state index in [2.05, 4.69) is 31.0 Å². The maximum Gasteiger partial charge on any atom is 0.251 e. The van der Waals surface area contributed by atoms with Gasteiger partial charge in [-0.25, -0.2) is 4.39 Å². The molecule has 1 aliphatic heterocycles. The van der Waals surface area contributed by atoms with Crippen LogP contribution in [0.4, 0.5) is 10.1 Å². The standard InChI is InChI=1S/C24H31FN2O2/c1-4-27(18(2)3)22-11-5-19(6-12-22)23(28)26-17-24(13-15-29-16-14-24)20-7-9-21(25)10-8-20/h5-12,18H,4,13-17H2,1-3H3,(H,26,28). The summed E-state index contributed by atoms with van der Waals surface area (Å²) in [7, 11) is 0. The van der Waals surface area contributed by atoms with Gasteiger partial charge in [0.25, 0.3) is 5.91 Å². The van der Waals surface area contributed by atoms with Crippen molar-refractivity contribution in [1.82, 2.24) is 5.32 Å². The molecule has 0 spiro atoms. The molecule has 0 radical (unpaired) electrons. The first-order valence-electron chi connectivity index (χ1n) is 10.4. The van der Waals surface area contributed by atoms with E-state index in [0.717, 1.165) is 30.6 Å². The highest BCUT2D eigenvalue weighted by Gasteiger charge is 2.35. The van der Waals surface area contributed by atoms with E-state index in [-0.39, 0.29) is 17.1 Å². The molecule has 1 N–H and O–H groups in total. The summed E-state index contributed by atoms with van der Waals surface area (Å²) in [5.41, 5.74) is 2.59. The summed E-state index contributed by atoms with van der Waals surface area (Å²) in [6.07, 6.45) is 1.61. The highest BCUT2D eigenvalue weighted by Crippen LogP contribution is 2.34. The molecule has 1 aliphatic rings. The van der Waals surface area contributed by atoms with Crippen LogP contribution in [0.25, 0.3) is 0 Å². The Labute approximate surface area is 173 Å². The Kier molecular flexibility index (Phi) is 6.91. The number of anilines is 1. The minimum Gasteiger partial charge on any atom is -0.381 e. The summed E-state index contributed by atoms with van der Waals surface area (Å²) in [6, 6.07) is 14.8. The van der Waals surface area contributed by atoms with Gasteiger partial charge in [-0.2, -0.15) is 0 Å². The third-order valence-electron chi connectivity index (χ3n) is 5.92. The van der Waals surface area contributed by atoms with E-state index < -0.39 is 0 Å². The summed E-state index contributed by atoms with van der Waals surface area (Å²) in [5, 5.41) is 3.11. The number of nitrogens with one attached hydrogen (secondary N) is 1. The number of carbonyl (C=O) groups excluding carboxylic acids is 1. The summed E-state index contributed by atoms with van der Waals surface area (Å²) < 4.78 is 18.9. The fourth-order valence-electron chi connectivity index (χ4n) is 4.13. The van der Waals surface area contributed by atoms with Crippen LogP contribution in [0.2, 0.25) is 0 Å². The van der Waals surface area contributed by atoms with Gasteiger partial charge in [-0.15, -0.1) is 0 Å². The van der Waals surface area contributed by atoms with Gasteiger partial charge in [0.1, 0.15) is 5.82 Å². The minimum absolute atomic E-state index is 0.0860. The quantitative estimate of drug-likeness (QED) is 0.745. The number of carbonyl (C=O) groups is 1. The second-order valence-corrected chi connectivity index (χ2v) is 8.01. The number of hydrogen-bond acceptors (Lipinski definition) is 3. The normalized spacial score (nSPS) is 15.9. The van der Waals surface area contributed by atoms with Crippen LogP contribution in [-0.4, -0.2) is 38.3 Å². The van der Waals surface area contributed by atoms with E-state index in [1.165, 1.54) is 12.1 Å². The third kappa shape index (κ3) is 4.96. The molecular weight excluding hydrogens is 367 g/mol. The van der Waals surface area contributed by atoms with E-state index in [4.69, 9.17) is 4.74 Å². The largest absolute Gasteiger partial charge is 0.381 e. The second-order valence-electron chi connectivity index (χ2n) is 8.01. The first-order valence-corrected chi connectivity index (χ1v) is 10.4. The first-order chi connectivity index (χ1) is 13.9. The van der Waals surface area contributed by atoms with Gasteiger partial charge in [0.2, 0.25) is 0 Å². The van der Waals surface area contributed by atoms with Gasteiger partial charge in [-0.1, -0.05) is 12.1 Å². The predicted octanol–water partition coefficient (Wildman–Crippen LogP) is 4.54. The van der Waals surface area contributed by atoms with E-state index in [1.54, 1.807) is 0 Å². The molecule has 1 saturated heterocycles. The Morgan fingerprint density at radius 1 is 1.10 bits per heavy atom. The number of nitrogens with zero attached hydrogens (tertiary/aromatic N) is 1. The number of rotatable bonds is 7. The van der Waals surface area contributed by atoms with E-state index in [0.29, 0.717) is 31.4 Å². The lowest BCUT2D eigenvalue weighted by atomic mass is 9.74. The lowest BCUT2D eigenvalue weighted by Gasteiger charge is -2.38. The van der Waals surface area contributed by atoms with Crippen LogP contribution in [-0.2, 0) is 10.2 Å². The maximum absolute atomic E-state index is 13.4. The van der Waals surface area contributed by atoms with Crippen molar-refractivity contribution >= 4 is 11.6 Å². The van der Waals surface area contributed by atoms with Crippen molar-refractivity contribution in [2.75, 3.05) is 31.2 Å². The Morgan fingerprint density at radius 3 is 2.28 bits per heavy atom. The van der Waals surface area contributed by atoms with Gasteiger partial charge < -0.3 is 15.0 Å². The van der Waals surface area contributed by atoms with Crippen molar-refractivity contribution in [2.24, 2.45) is 0 Å². The van der Waals surface area contributed by atoms with E-state index >= 15 is 0 Å². The fraction of sp³-hybridized carbons (Fsp3) is 0.458. The molecule has 0 aliphatic carbocycles. The van der Waals surface area contributed by atoms with Crippen molar-refractivity contribution in [3.63, 3.8) is 0 Å². The van der Waals surface area contributed by atoms with Crippen molar-refractivity contribution < 1.29 is 13.9 Å². The van der Waals surface area contributed by atoms with Crippen LogP contribution in [0.5, 0.6) is 0 Å². The highest BCUT2D eigenvalue weighted by molar-refractivity contribution is 5.94. The topological polar surface area (TPSA) is 41.6 Å². The second kappa shape index (κ2) is 9.40. The molecule has 2 aromatic rings. The van der Waals surface area contributed by atoms with Crippen molar-refractivity contribution in [3.05, 3.63) is 65.5 Å². The smallest absolute Gasteiger partial charge is 0.251 e. The Bertz CT molecular complexity index is 797. The number of hydrogen-bond donors (Lipinski definition) is 1. The molecule has 0 bridgehead atoms. The molecule has 4 nitrogen and oxygen atoms in total. The van der Waals surface area contributed by atoms with Crippen LogP contribution in [0, 0.1) is 5.82 Å². The van der Waals surface area contributed by atoms with Crippen molar-refractivity contribution in [3.8, 4) is 0 Å². The first kappa shape index (κ1) is 21.3. The summed E-state index contributed by atoms with van der Waals surface area (Å²) >= 11 is 0. The van der Waals surface area contributed by atoms with Crippen molar-refractivity contribution in [1.29, 1.82) is 0 Å². The van der Waals surface area contributed by atoms with Gasteiger partial charge in [0.05, 0.1) is 0 Å². The summed E-state index contributed by atoms with van der Waals surface area (Å²) in [5.74, 6) is -0.334. The zero-order valence-electron chi connectivity index (χ0n) is 17.6. The zero-order chi connectivity index (χ0) is 20.9. The molecule has 0 atom stereocenters. The zero-order valence-corrected chi connectivity index (χ0v) is 17.6. The summed E-state index contributed by atoms with van der Waals surface area (Å²) in [6.45, 7) is 9.17. The lowest BCUT2D eigenvalue weighted by molar-refractivity contribution is 0.0487. The van der Waals surface area contributed by atoms with Gasteiger partial charge >= 0.3 is 0 Å². The number of benzene rings is 2. The summed E-state index contributed by atoms with van der Waals surface area (Å²) in [4.78, 5) is 15.1. The van der Waals surface area contributed by atoms with Gasteiger partial charge in [-0.3, -0.25) is 4.79 Å². The van der Waals surface area contributed by atoms with Crippen LogP contribution < -0.4 is 10.2 Å². The average molecular weight is 399 g/mol. The highest BCUT2D eigenvalue weighted by atomic mass is 19.1. The fourth-order valence-corrected chi connectivity index (χ4v) is 4.13. The Hall–Kier alpha value is -2.40. The van der Waals surface area contributed by atoms with Gasteiger partial charge in [0.15, 0.2) is 0 Å². The van der Waals surface area contributed by atoms with Gasteiger partial charge in [-0.05, 0) is 75.6 Å². The Morgan fingerprint density at radius 2 is 1.72 bits per heavy atom. The number of halogens is 1. The molecule has 1 fully saturated rings. The molecule has 2 aromatic carbocycles. The molecule has 1 amide bonds. The van der Waals surface area contributed by atoms with E-state index in [1.807, 2.05) is 36.4 Å². The molecule has 5 heteroatoms. The van der Waals surface area contributed by atoms with Crippen LogP contribution in [0.3, 0.4) is 0 Å². The number of amides is 1. The molecule has 3 rings (SSSR count). The van der Waals surface area contributed by atoms with E-state index in [9.17, 15) is 9.18 Å². The van der Waals surface area contributed by atoms with Crippen LogP contribution in [0.15, 0.2) is 48.5 Å². The molecule has 0 aromatic heterocycles. The predicted molar refractivity (Wildman–Crippen MR) is 115 cm³/mol. The molecular formula is C24H31FN2O2. The third-order valence-corrected chi connectivity index (χ3v) is 5.92. The van der Waals surface area contributed by atoms with Gasteiger partial charge in [0, 0.05) is 49.0 Å². The minimum atomic E-state index is -0.248. The number of ether oxygens (including phenoxy) is 1. The van der Waals surface area contributed by atoms with Crippen LogP contribution >= 0.6 is 0 Å². The molecule has 0 saturated carbocycles. The average Bonchev–Trinajstić information content (AvgIpc) is 2.74. The Balaban J connectivity index is 1.71. The van der Waals surface area contributed by atoms with Crippen molar-refractivity contribution in [2.45, 2.75) is 45.1 Å². The van der Waals surface area contributed by atoms with Crippen LogP contribution in [0.1, 0.15) is 49.5 Å². The molecule has 156 valence electrons. The maximum atomic E-state index is 13.4. The SMILES string of the molecule is CCN(c1ccc(C(=O)NCC2(c3ccc(F)cc3)CCOCC2)cc1)C(C)C.